The van der Waals surface area contributed by atoms with Gasteiger partial charge in [0.05, 0.1) is 0 Å². The minimum Gasteiger partial charge on any atom is -0.140 e. The Morgan fingerprint density at radius 1 is 1.36 bits per heavy atom. The van der Waals surface area contributed by atoms with E-state index in [2.05, 4.69) is 32.0 Å². The molecule has 1 aromatic heterocycles. The van der Waals surface area contributed by atoms with Crippen molar-refractivity contribution in [1.29, 1.82) is 0 Å². The minimum atomic E-state index is 0.624. The van der Waals surface area contributed by atoms with Gasteiger partial charge in [0, 0.05) is 15.5 Å². The average molecular weight is 225 g/mol. The summed E-state index contributed by atoms with van der Waals surface area (Å²) in [6.45, 7) is 4.35. The summed E-state index contributed by atoms with van der Waals surface area (Å²) in [5.74, 6) is 0.624. The van der Waals surface area contributed by atoms with Crippen LogP contribution in [0.2, 0.25) is 0 Å². The standard InChI is InChI=1S/C12H13ClS/c1-3-9-5-4-6-10-11(7-13)8(2)14-12(9)10/h4-6H,3,7H2,1-2H3. The molecular formula is C12H13ClS. The van der Waals surface area contributed by atoms with Gasteiger partial charge in [0.15, 0.2) is 0 Å². The minimum absolute atomic E-state index is 0.624. The molecule has 74 valence electrons. The zero-order chi connectivity index (χ0) is 10.1. The Hall–Kier alpha value is -0.530. The fourth-order valence-electron chi connectivity index (χ4n) is 1.79. The molecule has 2 rings (SSSR count). The van der Waals surface area contributed by atoms with Gasteiger partial charge in [-0.2, -0.15) is 0 Å². The maximum Gasteiger partial charge on any atom is 0.0491 e. The fourth-order valence-corrected chi connectivity index (χ4v) is 3.47. The van der Waals surface area contributed by atoms with Gasteiger partial charge in [0.1, 0.15) is 0 Å². The van der Waals surface area contributed by atoms with Gasteiger partial charge in [0.2, 0.25) is 0 Å². The first-order chi connectivity index (χ1) is 6.77. The van der Waals surface area contributed by atoms with Crippen LogP contribution in [0.3, 0.4) is 0 Å². The number of thiophene rings is 1. The second kappa shape index (κ2) is 3.92. The number of halogens is 1. The van der Waals surface area contributed by atoms with Gasteiger partial charge >= 0.3 is 0 Å². The van der Waals surface area contributed by atoms with E-state index in [1.54, 1.807) is 0 Å². The van der Waals surface area contributed by atoms with E-state index in [4.69, 9.17) is 11.6 Å². The van der Waals surface area contributed by atoms with Crippen LogP contribution < -0.4 is 0 Å². The SMILES string of the molecule is CCc1cccc2c(CCl)c(C)sc12. The van der Waals surface area contributed by atoms with Gasteiger partial charge in [-0.15, -0.1) is 22.9 Å². The van der Waals surface area contributed by atoms with Crippen LogP contribution in [0.25, 0.3) is 10.1 Å². The molecule has 14 heavy (non-hydrogen) atoms. The molecule has 0 saturated heterocycles. The Bertz CT molecular complexity index is 457. The van der Waals surface area contributed by atoms with E-state index in [0.717, 1.165) is 6.42 Å². The van der Waals surface area contributed by atoms with E-state index >= 15 is 0 Å². The lowest BCUT2D eigenvalue weighted by Crippen LogP contribution is -1.80. The summed E-state index contributed by atoms with van der Waals surface area (Å²) in [5, 5.41) is 1.35. The van der Waals surface area contributed by atoms with Crippen molar-refractivity contribution >= 4 is 33.0 Å². The van der Waals surface area contributed by atoms with Gasteiger partial charge in [-0.3, -0.25) is 0 Å². The molecule has 0 spiro atoms. The third kappa shape index (κ3) is 1.45. The van der Waals surface area contributed by atoms with Crippen molar-refractivity contribution in [3.05, 3.63) is 34.2 Å². The van der Waals surface area contributed by atoms with Gasteiger partial charge < -0.3 is 0 Å². The van der Waals surface area contributed by atoms with Crippen molar-refractivity contribution < 1.29 is 0 Å². The Morgan fingerprint density at radius 2 is 2.14 bits per heavy atom. The lowest BCUT2D eigenvalue weighted by atomic mass is 10.1. The molecule has 0 unspecified atom stereocenters. The first-order valence-corrected chi connectivity index (χ1v) is 6.18. The highest BCUT2D eigenvalue weighted by molar-refractivity contribution is 7.19. The predicted octanol–water partition coefficient (Wildman–Crippen LogP) is 4.51. The summed E-state index contributed by atoms with van der Waals surface area (Å²) >= 11 is 7.82. The number of fused-ring (bicyclic) bond motifs is 1. The molecule has 0 aliphatic carbocycles. The van der Waals surface area contributed by atoms with Crippen LogP contribution >= 0.6 is 22.9 Å². The Morgan fingerprint density at radius 3 is 2.79 bits per heavy atom. The van der Waals surface area contributed by atoms with E-state index in [1.165, 1.54) is 26.1 Å². The van der Waals surface area contributed by atoms with Crippen LogP contribution in [-0.2, 0) is 12.3 Å². The van der Waals surface area contributed by atoms with Crippen LogP contribution in [0.4, 0.5) is 0 Å². The molecule has 0 aliphatic rings. The number of hydrogen-bond donors (Lipinski definition) is 0. The van der Waals surface area contributed by atoms with E-state index in [0.29, 0.717) is 5.88 Å². The zero-order valence-electron chi connectivity index (χ0n) is 8.43. The molecule has 1 heterocycles. The summed E-state index contributed by atoms with van der Waals surface area (Å²) in [5.41, 5.74) is 2.74. The van der Waals surface area contributed by atoms with Crippen LogP contribution in [-0.4, -0.2) is 0 Å². The lowest BCUT2D eigenvalue weighted by Gasteiger charge is -1.98. The number of alkyl halides is 1. The number of rotatable bonds is 2. The number of hydrogen-bond acceptors (Lipinski definition) is 1. The molecule has 2 aromatic rings. The van der Waals surface area contributed by atoms with E-state index < -0.39 is 0 Å². The Balaban J connectivity index is 2.79. The predicted molar refractivity (Wildman–Crippen MR) is 65.5 cm³/mol. The van der Waals surface area contributed by atoms with Crippen LogP contribution in [0, 0.1) is 6.92 Å². The first kappa shape index (κ1) is 10.0. The lowest BCUT2D eigenvalue weighted by molar-refractivity contribution is 1.16. The van der Waals surface area contributed by atoms with Gasteiger partial charge in [-0.05, 0) is 29.9 Å². The highest BCUT2D eigenvalue weighted by Gasteiger charge is 2.09. The zero-order valence-corrected chi connectivity index (χ0v) is 10.0. The molecule has 2 heteroatoms. The van der Waals surface area contributed by atoms with Crippen LogP contribution in [0.15, 0.2) is 18.2 Å². The van der Waals surface area contributed by atoms with Crippen molar-refractivity contribution in [3.8, 4) is 0 Å². The molecule has 0 fully saturated rings. The molecule has 0 aliphatic heterocycles. The maximum atomic E-state index is 5.95. The molecule has 0 N–H and O–H groups in total. The topological polar surface area (TPSA) is 0 Å². The van der Waals surface area contributed by atoms with Crippen molar-refractivity contribution in [2.75, 3.05) is 0 Å². The third-order valence-corrected chi connectivity index (χ3v) is 4.12. The normalized spacial score (nSPS) is 11.1. The molecular weight excluding hydrogens is 212 g/mol. The summed E-state index contributed by atoms with van der Waals surface area (Å²) in [6.07, 6.45) is 1.10. The fraction of sp³-hybridized carbons (Fsp3) is 0.333. The van der Waals surface area contributed by atoms with Crippen LogP contribution in [0.1, 0.15) is 22.9 Å². The molecule has 0 atom stereocenters. The number of aryl methyl sites for hydroxylation is 2. The number of benzene rings is 1. The van der Waals surface area contributed by atoms with Crippen molar-refractivity contribution in [2.24, 2.45) is 0 Å². The van der Waals surface area contributed by atoms with Gasteiger partial charge in [0.25, 0.3) is 0 Å². The molecule has 0 radical (unpaired) electrons. The second-order valence-electron chi connectivity index (χ2n) is 3.42. The van der Waals surface area contributed by atoms with Crippen molar-refractivity contribution in [2.45, 2.75) is 26.1 Å². The smallest absolute Gasteiger partial charge is 0.0491 e. The highest BCUT2D eigenvalue weighted by Crippen LogP contribution is 2.34. The monoisotopic (exact) mass is 224 g/mol. The van der Waals surface area contributed by atoms with Gasteiger partial charge in [-0.25, -0.2) is 0 Å². The molecule has 0 bridgehead atoms. The largest absolute Gasteiger partial charge is 0.140 e. The summed E-state index contributed by atoms with van der Waals surface area (Å²) in [4.78, 5) is 1.36. The average Bonchev–Trinajstić information content (AvgIpc) is 2.52. The Labute approximate surface area is 93.5 Å². The Kier molecular flexibility index (Phi) is 2.80. The summed E-state index contributed by atoms with van der Waals surface area (Å²) in [7, 11) is 0. The van der Waals surface area contributed by atoms with E-state index in [1.807, 2.05) is 11.3 Å². The van der Waals surface area contributed by atoms with E-state index in [9.17, 15) is 0 Å². The van der Waals surface area contributed by atoms with Crippen molar-refractivity contribution in [1.82, 2.24) is 0 Å². The first-order valence-electron chi connectivity index (χ1n) is 4.83. The highest BCUT2D eigenvalue weighted by atomic mass is 35.5. The van der Waals surface area contributed by atoms with Crippen molar-refractivity contribution in [3.63, 3.8) is 0 Å². The summed E-state index contributed by atoms with van der Waals surface area (Å²) < 4.78 is 1.42. The molecule has 0 amide bonds. The third-order valence-electron chi connectivity index (χ3n) is 2.62. The summed E-state index contributed by atoms with van der Waals surface area (Å²) in [6, 6.07) is 6.51. The molecule has 0 nitrogen and oxygen atoms in total. The van der Waals surface area contributed by atoms with Crippen LogP contribution in [0.5, 0.6) is 0 Å². The quantitative estimate of drug-likeness (QED) is 0.659. The second-order valence-corrected chi connectivity index (χ2v) is 4.91. The van der Waals surface area contributed by atoms with Gasteiger partial charge in [-0.1, -0.05) is 25.1 Å². The maximum absolute atomic E-state index is 5.95. The molecule has 1 aromatic carbocycles. The molecule has 0 saturated carbocycles. The van der Waals surface area contributed by atoms with E-state index in [-0.39, 0.29) is 0 Å².